The Labute approximate surface area is 121 Å². The van der Waals surface area contributed by atoms with E-state index >= 15 is 0 Å². The molecule has 0 aromatic heterocycles. The number of benzene rings is 1. The molecule has 1 atom stereocenters. The smallest absolute Gasteiger partial charge is 0.239 e. The van der Waals surface area contributed by atoms with Crippen molar-refractivity contribution in [2.75, 3.05) is 13.1 Å². The third-order valence-electron chi connectivity index (χ3n) is 4.28. The van der Waals surface area contributed by atoms with Gasteiger partial charge in [-0.3, -0.25) is 4.79 Å². The lowest BCUT2D eigenvalue weighted by atomic mass is 10.1. The number of rotatable bonds is 7. The SMILES string of the molecule is N[C@@H](Cc1ccccc1)C(=O)N(CC1CC1)CC1CC1. The number of carbonyl (C=O) groups excluding carboxylic acids is 1. The summed E-state index contributed by atoms with van der Waals surface area (Å²) < 4.78 is 0. The first-order valence-corrected chi connectivity index (χ1v) is 7.80. The zero-order valence-electron chi connectivity index (χ0n) is 12.0. The highest BCUT2D eigenvalue weighted by Crippen LogP contribution is 2.33. The Morgan fingerprint density at radius 3 is 2.15 bits per heavy atom. The third-order valence-corrected chi connectivity index (χ3v) is 4.28. The summed E-state index contributed by atoms with van der Waals surface area (Å²) in [6.07, 6.45) is 5.76. The number of nitrogens with zero attached hydrogens (tertiary/aromatic N) is 1. The number of hydrogen-bond acceptors (Lipinski definition) is 2. The Bertz CT molecular complexity index is 437. The van der Waals surface area contributed by atoms with Crippen molar-refractivity contribution >= 4 is 5.91 Å². The van der Waals surface area contributed by atoms with Crippen LogP contribution in [0, 0.1) is 11.8 Å². The van der Waals surface area contributed by atoms with Crippen LogP contribution in [0.4, 0.5) is 0 Å². The third kappa shape index (κ3) is 3.83. The van der Waals surface area contributed by atoms with Crippen molar-refractivity contribution in [1.29, 1.82) is 0 Å². The van der Waals surface area contributed by atoms with E-state index in [1.807, 2.05) is 35.2 Å². The van der Waals surface area contributed by atoms with Crippen LogP contribution < -0.4 is 5.73 Å². The van der Waals surface area contributed by atoms with E-state index in [0.717, 1.165) is 30.5 Å². The van der Waals surface area contributed by atoms with E-state index in [0.29, 0.717) is 6.42 Å². The van der Waals surface area contributed by atoms with Gasteiger partial charge < -0.3 is 10.6 Å². The van der Waals surface area contributed by atoms with Crippen LogP contribution in [0.1, 0.15) is 31.2 Å². The average Bonchev–Trinajstić information content (AvgIpc) is 3.33. The van der Waals surface area contributed by atoms with E-state index in [1.54, 1.807) is 0 Å². The van der Waals surface area contributed by atoms with Crippen LogP contribution in [0.5, 0.6) is 0 Å². The molecule has 2 saturated carbocycles. The highest BCUT2D eigenvalue weighted by molar-refractivity contribution is 5.82. The zero-order valence-corrected chi connectivity index (χ0v) is 12.0. The summed E-state index contributed by atoms with van der Waals surface area (Å²) in [6, 6.07) is 9.68. The van der Waals surface area contributed by atoms with Gasteiger partial charge in [0.05, 0.1) is 6.04 Å². The lowest BCUT2D eigenvalue weighted by Crippen LogP contribution is -2.46. The van der Waals surface area contributed by atoms with E-state index in [-0.39, 0.29) is 5.91 Å². The highest BCUT2D eigenvalue weighted by Gasteiger charge is 2.33. The molecule has 1 aromatic carbocycles. The minimum absolute atomic E-state index is 0.146. The summed E-state index contributed by atoms with van der Waals surface area (Å²) in [4.78, 5) is 14.6. The Morgan fingerprint density at radius 2 is 1.65 bits per heavy atom. The summed E-state index contributed by atoms with van der Waals surface area (Å²) in [7, 11) is 0. The van der Waals surface area contributed by atoms with E-state index in [1.165, 1.54) is 25.7 Å². The molecule has 1 amide bonds. The molecule has 0 aliphatic heterocycles. The van der Waals surface area contributed by atoms with Gasteiger partial charge in [-0.2, -0.15) is 0 Å². The van der Waals surface area contributed by atoms with Gasteiger partial charge in [0, 0.05) is 13.1 Å². The lowest BCUT2D eigenvalue weighted by Gasteiger charge is -2.26. The topological polar surface area (TPSA) is 46.3 Å². The Balaban J connectivity index is 1.58. The first-order valence-electron chi connectivity index (χ1n) is 7.80. The molecule has 3 nitrogen and oxygen atoms in total. The van der Waals surface area contributed by atoms with Crippen molar-refractivity contribution < 1.29 is 4.79 Å². The van der Waals surface area contributed by atoms with Gasteiger partial charge in [0.2, 0.25) is 5.91 Å². The first-order chi connectivity index (χ1) is 9.72. The molecule has 3 heteroatoms. The van der Waals surface area contributed by atoms with Crippen molar-refractivity contribution in [1.82, 2.24) is 4.90 Å². The summed E-state index contributed by atoms with van der Waals surface area (Å²) in [5.41, 5.74) is 7.30. The van der Waals surface area contributed by atoms with Crippen molar-refractivity contribution in [2.24, 2.45) is 17.6 Å². The van der Waals surface area contributed by atoms with Gasteiger partial charge in [-0.1, -0.05) is 30.3 Å². The van der Waals surface area contributed by atoms with Crippen LogP contribution in [0.2, 0.25) is 0 Å². The molecule has 0 radical (unpaired) electrons. The van der Waals surface area contributed by atoms with Crippen molar-refractivity contribution in [3.05, 3.63) is 35.9 Å². The van der Waals surface area contributed by atoms with E-state index in [9.17, 15) is 4.79 Å². The van der Waals surface area contributed by atoms with Gasteiger partial charge in [0.25, 0.3) is 0 Å². The minimum atomic E-state index is -0.394. The number of carbonyl (C=O) groups is 1. The maximum absolute atomic E-state index is 12.6. The quantitative estimate of drug-likeness (QED) is 0.827. The molecule has 108 valence electrons. The Hall–Kier alpha value is -1.35. The Morgan fingerprint density at radius 1 is 1.10 bits per heavy atom. The molecule has 0 unspecified atom stereocenters. The van der Waals surface area contributed by atoms with Gasteiger partial charge in [0.15, 0.2) is 0 Å². The average molecular weight is 272 g/mol. The van der Waals surface area contributed by atoms with Gasteiger partial charge in [-0.25, -0.2) is 0 Å². The number of nitrogens with two attached hydrogens (primary N) is 1. The molecule has 0 bridgehead atoms. The van der Waals surface area contributed by atoms with E-state index in [4.69, 9.17) is 5.73 Å². The van der Waals surface area contributed by atoms with Crippen LogP contribution in [0.15, 0.2) is 30.3 Å². The summed E-state index contributed by atoms with van der Waals surface area (Å²) in [5, 5.41) is 0. The maximum atomic E-state index is 12.6. The normalized spacial score (nSPS) is 19.6. The van der Waals surface area contributed by atoms with Crippen molar-refractivity contribution in [3.8, 4) is 0 Å². The fourth-order valence-electron chi connectivity index (χ4n) is 2.67. The lowest BCUT2D eigenvalue weighted by molar-refractivity contribution is -0.133. The van der Waals surface area contributed by atoms with Crippen molar-refractivity contribution in [2.45, 2.75) is 38.1 Å². The molecule has 2 aliphatic rings. The standard InChI is InChI=1S/C17H24N2O/c18-16(10-13-4-2-1-3-5-13)17(20)19(11-14-6-7-14)12-15-8-9-15/h1-5,14-16H,6-12,18H2/t16-/m0/s1. The highest BCUT2D eigenvalue weighted by atomic mass is 16.2. The van der Waals surface area contributed by atoms with Gasteiger partial charge in [-0.15, -0.1) is 0 Å². The monoisotopic (exact) mass is 272 g/mol. The second-order valence-electron chi connectivity index (χ2n) is 6.43. The largest absolute Gasteiger partial charge is 0.341 e. The van der Waals surface area contributed by atoms with Crippen LogP contribution in [0.3, 0.4) is 0 Å². The first kappa shape index (κ1) is 13.6. The minimum Gasteiger partial charge on any atom is -0.341 e. The fraction of sp³-hybridized carbons (Fsp3) is 0.588. The predicted octanol–water partition coefficient (Wildman–Crippen LogP) is 2.21. The number of amides is 1. The molecule has 0 heterocycles. The van der Waals surface area contributed by atoms with Gasteiger partial charge >= 0.3 is 0 Å². The molecule has 2 N–H and O–H groups in total. The van der Waals surface area contributed by atoms with Crippen LogP contribution in [-0.4, -0.2) is 29.9 Å². The second-order valence-corrected chi connectivity index (χ2v) is 6.43. The molecule has 0 saturated heterocycles. The molecular formula is C17H24N2O. The summed E-state index contributed by atoms with van der Waals surface area (Å²) >= 11 is 0. The summed E-state index contributed by atoms with van der Waals surface area (Å²) in [5.74, 6) is 1.62. The zero-order chi connectivity index (χ0) is 13.9. The predicted molar refractivity (Wildman–Crippen MR) is 80.1 cm³/mol. The molecule has 20 heavy (non-hydrogen) atoms. The number of hydrogen-bond donors (Lipinski definition) is 1. The molecule has 3 rings (SSSR count). The maximum Gasteiger partial charge on any atom is 0.239 e. The van der Waals surface area contributed by atoms with Crippen molar-refractivity contribution in [3.63, 3.8) is 0 Å². The van der Waals surface area contributed by atoms with Crippen LogP contribution in [0.25, 0.3) is 0 Å². The second kappa shape index (κ2) is 5.96. The molecule has 1 aromatic rings. The molecular weight excluding hydrogens is 248 g/mol. The van der Waals surface area contributed by atoms with Crippen LogP contribution in [-0.2, 0) is 11.2 Å². The molecule has 0 spiro atoms. The Kier molecular flexibility index (Phi) is 4.06. The van der Waals surface area contributed by atoms with Crippen LogP contribution >= 0.6 is 0 Å². The van der Waals surface area contributed by atoms with Gasteiger partial charge in [0.1, 0.15) is 0 Å². The van der Waals surface area contributed by atoms with E-state index < -0.39 is 6.04 Å². The van der Waals surface area contributed by atoms with E-state index in [2.05, 4.69) is 0 Å². The fourth-order valence-corrected chi connectivity index (χ4v) is 2.67. The molecule has 2 fully saturated rings. The summed E-state index contributed by atoms with van der Waals surface area (Å²) in [6.45, 7) is 1.86. The molecule has 2 aliphatic carbocycles. The van der Waals surface area contributed by atoms with Gasteiger partial charge in [-0.05, 0) is 49.5 Å².